The van der Waals surface area contributed by atoms with Gasteiger partial charge in [0.2, 0.25) is 5.95 Å². The molecule has 1 atom stereocenters. The van der Waals surface area contributed by atoms with E-state index in [1.54, 1.807) is 42.3 Å². The van der Waals surface area contributed by atoms with Crippen molar-refractivity contribution in [1.82, 2.24) is 29.9 Å². The van der Waals surface area contributed by atoms with Crippen LogP contribution in [0.15, 0.2) is 54.7 Å². The second-order valence-electron chi connectivity index (χ2n) is 6.92. The number of nitriles is 1. The summed E-state index contributed by atoms with van der Waals surface area (Å²) in [5.74, 6) is 0.118. The summed E-state index contributed by atoms with van der Waals surface area (Å²) in [4.78, 5) is 13.2. The number of anilines is 1. The highest BCUT2D eigenvalue weighted by molar-refractivity contribution is 5.68. The van der Waals surface area contributed by atoms with E-state index in [1.807, 2.05) is 31.2 Å². The first-order chi connectivity index (χ1) is 15.1. The first-order valence-corrected chi connectivity index (χ1v) is 9.60. The molecule has 3 heterocycles. The number of pyridine rings is 1. The van der Waals surface area contributed by atoms with Crippen LogP contribution in [0.5, 0.6) is 0 Å². The van der Waals surface area contributed by atoms with Crippen molar-refractivity contribution in [3.63, 3.8) is 0 Å². The quantitative estimate of drug-likeness (QED) is 0.512. The molecule has 0 saturated carbocycles. The van der Waals surface area contributed by atoms with E-state index >= 15 is 0 Å². The molecule has 0 bridgehead atoms. The van der Waals surface area contributed by atoms with E-state index in [0.717, 1.165) is 17.0 Å². The number of hydrogen-bond donors (Lipinski definition) is 1. The smallest absolute Gasteiger partial charge is 0.221 e. The molecule has 1 aromatic carbocycles. The third-order valence-corrected chi connectivity index (χ3v) is 4.75. The topological polar surface area (TPSA) is 128 Å². The summed E-state index contributed by atoms with van der Waals surface area (Å²) in [5, 5.41) is 17.6. The molecule has 0 unspecified atom stereocenters. The second-order valence-corrected chi connectivity index (χ2v) is 6.92. The number of rotatable bonds is 6. The Balaban J connectivity index is 1.61. The summed E-state index contributed by atoms with van der Waals surface area (Å²) < 4.78 is 7.02. The van der Waals surface area contributed by atoms with Crippen molar-refractivity contribution in [3.8, 4) is 28.7 Å². The van der Waals surface area contributed by atoms with Gasteiger partial charge < -0.3 is 10.5 Å². The number of aromatic nitrogens is 6. The molecule has 9 heteroatoms. The van der Waals surface area contributed by atoms with Crippen molar-refractivity contribution in [2.75, 3.05) is 12.8 Å². The van der Waals surface area contributed by atoms with Gasteiger partial charge in [-0.2, -0.15) is 5.26 Å². The number of nitrogens with two attached hydrogens (primary N) is 1. The minimum Gasteiger partial charge on any atom is -0.375 e. The molecule has 4 aromatic rings. The molecule has 0 radical (unpaired) electrons. The Labute approximate surface area is 179 Å². The van der Waals surface area contributed by atoms with E-state index < -0.39 is 0 Å². The van der Waals surface area contributed by atoms with E-state index in [4.69, 9.17) is 15.7 Å². The SMILES string of the molecule is CO[C@@H](C)c1cccc(Cn2cc(-c3cc(-c4cccc(C#N)c4)nc(N)n3)nn2)n1. The molecule has 31 heavy (non-hydrogen) atoms. The fourth-order valence-electron chi connectivity index (χ4n) is 3.09. The van der Waals surface area contributed by atoms with E-state index in [1.165, 1.54) is 0 Å². The van der Waals surface area contributed by atoms with Crippen molar-refractivity contribution in [3.05, 3.63) is 71.7 Å². The van der Waals surface area contributed by atoms with Crippen LogP contribution in [0.2, 0.25) is 0 Å². The molecular weight excluding hydrogens is 392 g/mol. The van der Waals surface area contributed by atoms with Gasteiger partial charge in [0.25, 0.3) is 0 Å². The Bertz CT molecular complexity index is 1260. The van der Waals surface area contributed by atoms with E-state index in [2.05, 4.69) is 31.3 Å². The lowest BCUT2D eigenvalue weighted by Crippen LogP contribution is -2.06. The largest absolute Gasteiger partial charge is 0.375 e. The average molecular weight is 412 g/mol. The molecule has 0 aliphatic rings. The highest BCUT2D eigenvalue weighted by Gasteiger charge is 2.12. The molecule has 0 aliphatic heterocycles. The Hall–Kier alpha value is -4.16. The standard InChI is InChI=1S/C22H20N8O/c1-14(31-2)18-8-4-7-17(25-18)12-30-13-21(28-29-30)20-10-19(26-22(24)27-20)16-6-3-5-15(9-16)11-23/h3-10,13-14H,12H2,1-2H3,(H2,24,26,27)/t14-/m0/s1. The molecule has 0 aliphatic carbocycles. The zero-order valence-corrected chi connectivity index (χ0v) is 17.1. The van der Waals surface area contributed by atoms with Crippen LogP contribution in [0.3, 0.4) is 0 Å². The number of nitrogen functional groups attached to an aromatic ring is 1. The van der Waals surface area contributed by atoms with Gasteiger partial charge in [-0.05, 0) is 37.3 Å². The van der Waals surface area contributed by atoms with Crippen LogP contribution in [0.4, 0.5) is 5.95 Å². The van der Waals surface area contributed by atoms with Crippen LogP contribution in [0, 0.1) is 11.3 Å². The average Bonchev–Trinajstić information content (AvgIpc) is 3.27. The lowest BCUT2D eigenvalue weighted by Gasteiger charge is -2.10. The molecular formula is C22H20N8O. The maximum absolute atomic E-state index is 9.14. The van der Waals surface area contributed by atoms with E-state index in [-0.39, 0.29) is 12.1 Å². The van der Waals surface area contributed by atoms with Gasteiger partial charge in [-0.1, -0.05) is 23.4 Å². The number of methoxy groups -OCH3 is 1. The number of hydrogen-bond acceptors (Lipinski definition) is 8. The van der Waals surface area contributed by atoms with Gasteiger partial charge in [-0.3, -0.25) is 4.98 Å². The minimum atomic E-state index is -0.0896. The summed E-state index contributed by atoms with van der Waals surface area (Å²) in [5.41, 5.74) is 10.7. The molecule has 0 saturated heterocycles. The molecule has 4 rings (SSSR count). The van der Waals surface area contributed by atoms with Gasteiger partial charge in [0.1, 0.15) is 5.69 Å². The summed E-state index contributed by atoms with van der Waals surface area (Å²) in [6.45, 7) is 2.40. The van der Waals surface area contributed by atoms with Crippen molar-refractivity contribution in [2.45, 2.75) is 19.6 Å². The van der Waals surface area contributed by atoms with Crippen LogP contribution < -0.4 is 5.73 Å². The third kappa shape index (κ3) is 4.55. The summed E-state index contributed by atoms with van der Waals surface area (Å²) in [6.07, 6.45) is 1.69. The van der Waals surface area contributed by atoms with Crippen molar-refractivity contribution in [2.24, 2.45) is 0 Å². The molecule has 0 amide bonds. The molecule has 3 aromatic heterocycles. The van der Waals surface area contributed by atoms with Crippen LogP contribution in [0.25, 0.3) is 22.6 Å². The van der Waals surface area contributed by atoms with Gasteiger partial charge >= 0.3 is 0 Å². The molecule has 154 valence electrons. The fourth-order valence-corrected chi connectivity index (χ4v) is 3.09. The van der Waals surface area contributed by atoms with Gasteiger partial charge in [-0.25, -0.2) is 14.6 Å². The van der Waals surface area contributed by atoms with Crippen LogP contribution in [-0.4, -0.2) is 37.1 Å². The maximum atomic E-state index is 9.14. The van der Waals surface area contributed by atoms with Gasteiger partial charge in [0, 0.05) is 12.7 Å². The Morgan fingerprint density at radius 2 is 1.87 bits per heavy atom. The lowest BCUT2D eigenvalue weighted by atomic mass is 10.1. The Kier molecular flexibility index (Phi) is 5.64. The second kappa shape index (κ2) is 8.69. The maximum Gasteiger partial charge on any atom is 0.221 e. The minimum absolute atomic E-state index is 0.0896. The lowest BCUT2D eigenvalue weighted by molar-refractivity contribution is 0.116. The van der Waals surface area contributed by atoms with Gasteiger partial charge in [0.15, 0.2) is 0 Å². The van der Waals surface area contributed by atoms with E-state index in [9.17, 15) is 0 Å². The normalized spacial score (nSPS) is 11.8. The number of benzene rings is 1. The third-order valence-electron chi connectivity index (χ3n) is 4.75. The summed E-state index contributed by atoms with van der Waals surface area (Å²) >= 11 is 0. The zero-order valence-electron chi connectivity index (χ0n) is 17.1. The number of nitrogens with zero attached hydrogens (tertiary/aromatic N) is 7. The van der Waals surface area contributed by atoms with E-state index in [0.29, 0.717) is 29.2 Å². The fraction of sp³-hybridized carbons (Fsp3) is 0.182. The van der Waals surface area contributed by atoms with Crippen molar-refractivity contribution in [1.29, 1.82) is 5.26 Å². The molecule has 0 spiro atoms. The predicted molar refractivity (Wildman–Crippen MR) is 114 cm³/mol. The van der Waals surface area contributed by atoms with Crippen LogP contribution in [0.1, 0.15) is 30.0 Å². The highest BCUT2D eigenvalue weighted by atomic mass is 16.5. The first-order valence-electron chi connectivity index (χ1n) is 9.60. The first kappa shape index (κ1) is 20.1. The van der Waals surface area contributed by atoms with Gasteiger partial charge in [0.05, 0.1) is 53.3 Å². The molecule has 0 fully saturated rings. The Morgan fingerprint density at radius 3 is 2.68 bits per heavy atom. The van der Waals surface area contributed by atoms with Crippen molar-refractivity contribution < 1.29 is 4.74 Å². The summed E-state index contributed by atoms with van der Waals surface area (Å²) in [6, 6.07) is 16.8. The Morgan fingerprint density at radius 1 is 1.06 bits per heavy atom. The predicted octanol–water partition coefficient (Wildman–Crippen LogP) is 3.01. The number of ether oxygens (including phenoxy) is 1. The molecule has 2 N–H and O–H groups in total. The summed E-state index contributed by atoms with van der Waals surface area (Å²) in [7, 11) is 1.65. The highest BCUT2D eigenvalue weighted by Crippen LogP contribution is 2.24. The van der Waals surface area contributed by atoms with Crippen LogP contribution >= 0.6 is 0 Å². The monoisotopic (exact) mass is 412 g/mol. The zero-order chi connectivity index (χ0) is 21.8. The van der Waals surface area contributed by atoms with Crippen LogP contribution in [-0.2, 0) is 11.3 Å². The molecule has 9 nitrogen and oxygen atoms in total. The van der Waals surface area contributed by atoms with Crippen molar-refractivity contribution >= 4 is 5.95 Å². The van der Waals surface area contributed by atoms with Gasteiger partial charge in [-0.15, -0.1) is 5.10 Å².